The highest BCUT2D eigenvalue weighted by Crippen LogP contribution is 2.38. The highest BCUT2D eigenvalue weighted by Gasteiger charge is 2.43. The van der Waals surface area contributed by atoms with Crippen LogP contribution in [0.5, 0.6) is 0 Å². The van der Waals surface area contributed by atoms with Crippen LogP contribution in [0.4, 0.5) is 13.2 Å². The summed E-state index contributed by atoms with van der Waals surface area (Å²) >= 11 is 4.93. The molecular weight excluding hydrogens is 353 g/mol. The van der Waals surface area contributed by atoms with Gasteiger partial charge in [0.2, 0.25) is 0 Å². The van der Waals surface area contributed by atoms with Gasteiger partial charge in [-0.05, 0) is 48.3 Å². The average Bonchev–Trinajstić information content (AvgIpc) is 2.74. The minimum Gasteiger partial charge on any atom is -0.326 e. The van der Waals surface area contributed by atoms with Crippen LogP contribution < -0.4 is 5.73 Å². The van der Waals surface area contributed by atoms with Gasteiger partial charge in [0.05, 0.1) is 12.0 Å². The summed E-state index contributed by atoms with van der Waals surface area (Å²) in [7, 11) is 0. The minimum absolute atomic E-state index is 0.0469. The highest BCUT2D eigenvalue weighted by atomic mass is 79.9. The Morgan fingerprint density at radius 1 is 1.50 bits per heavy atom. The van der Waals surface area contributed by atoms with E-state index in [9.17, 15) is 13.2 Å². The molecule has 1 saturated heterocycles. The van der Waals surface area contributed by atoms with Gasteiger partial charge in [0.15, 0.2) is 0 Å². The average molecular weight is 371 g/mol. The van der Waals surface area contributed by atoms with Gasteiger partial charge in [0.25, 0.3) is 0 Å². The molecule has 1 aromatic heterocycles. The largest absolute Gasteiger partial charge is 0.393 e. The van der Waals surface area contributed by atoms with Gasteiger partial charge in [-0.3, -0.25) is 4.90 Å². The molecule has 1 aromatic rings. The van der Waals surface area contributed by atoms with Crippen molar-refractivity contribution >= 4 is 27.3 Å². The zero-order valence-corrected chi connectivity index (χ0v) is 13.6. The molecule has 1 aliphatic rings. The van der Waals surface area contributed by atoms with Gasteiger partial charge in [-0.25, -0.2) is 0 Å². The van der Waals surface area contributed by atoms with Gasteiger partial charge in [0, 0.05) is 27.3 Å². The Kier molecular flexibility index (Phi) is 5.15. The quantitative estimate of drug-likeness (QED) is 0.864. The molecule has 0 saturated carbocycles. The fraction of sp³-hybridized carbons (Fsp3) is 0.692. The van der Waals surface area contributed by atoms with Gasteiger partial charge in [0.1, 0.15) is 0 Å². The number of rotatable bonds is 3. The lowest BCUT2D eigenvalue weighted by molar-refractivity contribution is -0.189. The number of piperidine rings is 1. The summed E-state index contributed by atoms with van der Waals surface area (Å²) in [6.07, 6.45) is -3.32. The number of nitrogens with zero attached hydrogens (tertiary/aromatic N) is 1. The van der Waals surface area contributed by atoms with Crippen LogP contribution in [0.3, 0.4) is 0 Å². The maximum atomic E-state index is 12.9. The first-order valence-corrected chi connectivity index (χ1v) is 8.26. The molecule has 1 fully saturated rings. The van der Waals surface area contributed by atoms with Gasteiger partial charge < -0.3 is 5.73 Å². The van der Waals surface area contributed by atoms with E-state index >= 15 is 0 Å². The fourth-order valence-electron chi connectivity index (χ4n) is 2.78. The van der Waals surface area contributed by atoms with Crippen LogP contribution in [0.1, 0.15) is 30.7 Å². The predicted octanol–water partition coefficient (Wildman–Crippen LogP) is 4.17. The van der Waals surface area contributed by atoms with Gasteiger partial charge in [-0.15, -0.1) is 11.3 Å². The van der Waals surface area contributed by atoms with E-state index in [-0.39, 0.29) is 25.0 Å². The highest BCUT2D eigenvalue weighted by molar-refractivity contribution is 9.10. The normalized spacial score (nSPS) is 24.6. The van der Waals surface area contributed by atoms with E-state index < -0.39 is 12.1 Å². The van der Waals surface area contributed by atoms with E-state index in [0.717, 1.165) is 9.35 Å². The first-order valence-electron chi connectivity index (χ1n) is 6.59. The lowest BCUT2D eigenvalue weighted by Crippen LogP contribution is -2.47. The Hall–Kier alpha value is -0.110. The second-order valence-corrected chi connectivity index (χ2v) is 7.21. The van der Waals surface area contributed by atoms with Gasteiger partial charge in [-0.1, -0.05) is 0 Å². The van der Waals surface area contributed by atoms with Crippen molar-refractivity contribution in [2.75, 3.05) is 13.1 Å². The molecule has 3 atom stereocenters. The Balaban J connectivity index is 2.17. The molecule has 2 rings (SSSR count). The van der Waals surface area contributed by atoms with E-state index in [1.807, 2.05) is 23.3 Å². The van der Waals surface area contributed by atoms with Crippen LogP contribution in [-0.2, 0) is 0 Å². The van der Waals surface area contributed by atoms with E-state index in [1.165, 1.54) is 11.3 Å². The van der Waals surface area contributed by atoms with Crippen LogP contribution in [0, 0.1) is 5.92 Å². The molecular formula is C13H18BrF3N2S. The molecule has 2 heterocycles. The maximum Gasteiger partial charge on any atom is 0.393 e. The molecule has 0 bridgehead atoms. The number of alkyl halides is 3. The van der Waals surface area contributed by atoms with Crippen molar-refractivity contribution in [3.05, 3.63) is 20.8 Å². The van der Waals surface area contributed by atoms with Crippen molar-refractivity contribution in [1.29, 1.82) is 0 Å². The lowest BCUT2D eigenvalue weighted by Gasteiger charge is -2.40. The molecule has 0 aromatic carbocycles. The predicted molar refractivity (Wildman–Crippen MR) is 78.8 cm³/mol. The first-order chi connectivity index (χ1) is 9.29. The number of nitrogens with two attached hydrogens (primary N) is 1. The molecule has 0 amide bonds. The number of hydrogen-bond donors (Lipinski definition) is 1. The van der Waals surface area contributed by atoms with Crippen LogP contribution in [-0.4, -0.2) is 30.2 Å². The van der Waals surface area contributed by atoms with Gasteiger partial charge >= 0.3 is 6.18 Å². The van der Waals surface area contributed by atoms with E-state index in [4.69, 9.17) is 5.73 Å². The third-order valence-corrected chi connectivity index (χ3v) is 5.45. The first kappa shape index (κ1) is 16.3. The number of halogens is 4. The zero-order chi connectivity index (χ0) is 14.9. The molecule has 7 heteroatoms. The molecule has 0 radical (unpaired) electrons. The topological polar surface area (TPSA) is 29.3 Å². The van der Waals surface area contributed by atoms with Gasteiger partial charge in [-0.2, -0.15) is 13.2 Å². The fourth-order valence-corrected chi connectivity index (χ4v) is 4.47. The Labute approximate surface area is 129 Å². The molecule has 3 unspecified atom stereocenters. The molecule has 2 nitrogen and oxygen atoms in total. The van der Waals surface area contributed by atoms with Crippen molar-refractivity contribution in [3.8, 4) is 0 Å². The number of thiophene rings is 1. The van der Waals surface area contributed by atoms with Crippen LogP contribution >= 0.6 is 27.3 Å². The smallest absolute Gasteiger partial charge is 0.326 e. The monoisotopic (exact) mass is 370 g/mol. The molecule has 1 aliphatic heterocycles. The third kappa shape index (κ3) is 3.75. The summed E-state index contributed by atoms with van der Waals surface area (Å²) in [5.74, 6) is -1.24. The molecule has 20 heavy (non-hydrogen) atoms. The lowest BCUT2D eigenvalue weighted by atomic mass is 9.94. The molecule has 0 spiro atoms. The summed E-state index contributed by atoms with van der Waals surface area (Å²) in [5.41, 5.74) is 6.03. The summed E-state index contributed by atoms with van der Waals surface area (Å²) in [5, 5.41) is 1.94. The van der Waals surface area contributed by atoms with Crippen LogP contribution in [0.25, 0.3) is 0 Å². The summed E-state index contributed by atoms with van der Waals surface area (Å²) in [6.45, 7) is 2.58. The summed E-state index contributed by atoms with van der Waals surface area (Å²) < 4.78 is 39.7. The van der Waals surface area contributed by atoms with E-state index in [0.29, 0.717) is 13.0 Å². The van der Waals surface area contributed by atoms with E-state index in [2.05, 4.69) is 15.9 Å². The summed E-state index contributed by atoms with van der Waals surface area (Å²) in [4.78, 5) is 2.92. The third-order valence-electron chi connectivity index (χ3n) is 3.69. The number of likely N-dealkylation sites (tertiary alicyclic amines) is 1. The van der Waals surface area contributed by atoms with Crippen molar-refractivity contribution in [3.63, 3.8) is 0 Å². The second-order valence-electron chi connectivity index (χ2n) is 5.35. The van der Waals surface area contributed by atoms with Crippen LogP contribution in [0.15, 0.2) is 15.9 Å². The Bertz CT molecular complexity index is 447. The Morgan fingerprint density at radius 2 is 2.20 bits per heavy atom. The van der Waals surface area contributed by atoms with Crippen molar-refractivity contribution in [2.45, 2.75) is 38.0 Å². The molecule has 2 N–H and O–H groups in total. The SMILES string of the molecule is CC(N)C(c1cc(Br)cs1)N1CCCC(C(F)(F)F)C1. The van der Waals surface area contributed by atoms with E-state index in [1.54, 1.807) is 0 Å². The zero-order valence-electron chi connectivity index (χ0n) is 11.2. The maximum absolute atomic E-state index is 12.9. The standard InChI is InChI=1S/C13H18BrF3N2S/c1-8(18)12(11-5-10(14)7-20-11)19-4-2-3-9(6-19)13(15,16)17/h5,7-9,12H,2-4,6,18H2,1H3. The molecule has 0 aliphatic carbocycles. The van der Waals surface area contributed by atoms with Crippen molar-refractivity contribution in [1.82, 2.24) is 4.90 Å². The Morgan fingerprint density at radius 3 is 2.70 bits per heavy atom. The second kappa shape index (κ2) is 6.34. The number of hydrogen-bond acceptors (Lipinski definition) is 3. The van der Waals surface area contributed by atoms with Crippen LogP contribution in [0.2, 0.25) is 0 Å². The molecule has 114 valence electrons. The van der Waals surface area contributed by atoms with Crippen molar-refractivity contribution < 1.29 is 13.2 Å². The minimum atomic E-state index is -4.11. The summed E-state index contributed by atoms with van der Waals surface area (Å²) in [6, 6.07) is 1.61. The van der Waals surface area contributed by atoms with Crippen molar-refractivity contribution in [2.24, 2.45) is 11.7 Å².